The Bertz CT molecular complexity index is 821. The SMILES string of the molecule is NCc1ccc(-c2noc(-c3ccc(N4CCOCC4)cc3)n2)cc1. The highest BCUT2D eigenvalue weighted by Gasteiger charge is 2.13. The summed E-state index contributed by atoms with van der Waals surface area (Å²) >= 11 is 0. The summed E-state index contributed by atoms with van der Waals surface area (Å²) in [4.78, 5) is 6.82. The molecule has 0 radical (unpaired) electrons. The van der Waals surface area contributed by atoms with Gasteiger partial charge in [-0.05, 0) is 29.8 Å². The number of hydrogen-bond donors (Lipinski definition) is 1. The number of ether oxygens (including phenoxy) is 1. The predicted molar refractivity (Wildman–Crippen MR) is 96.1 cm³/mol. The Hall–Kier alpha value is -2.70. The van der Waals surface area contributed by atoms with E-state index in [4.69, 9.17) is 15.0 Å². The standard InChI is InChI=1S/C19H20N4O2/c20-13-14-1-3-15(4-2-14)18-21-19(25-22-18)16-5-7-17(8-6-16)23-9-11-24-12-10-23/h1-8H,9-13,20H2. The average Bonchev–Trinajstić information content (AvgIpc) is 3.19. The molecule has 0 unspecified atom stereocenters. The monoisotopic (exact) mass is 336 g/mol. The molecule has 1 aliphatic rings. The molecule has 2 N–H and O–H groups in total. The summed E-state index contributed by atoms with van der Waals surface area (Å²) in [5.41, 5.74) is 9.71. The topological polar surface area (TPSA) is 77.4 Å². The molecular formula is C19H20N4O2. The summed E-state index contributed by atoms with van der Waals surface area (Å²) < 4.78 is 10.8. The van der Waals surface area contributed by atoms with Crippen LogP contribution in [-0.2, 0) is 11.3 Å². The van der Waals surface area contributed by atoms with Crippen LogP contribution in [0.4, 0.5) is 5.69 Å². The molecule has 4 rings (SSSR count). The van der Waals surface area contributed by atoms with Crippen LogP contribution < -0.4 is 10.6 Å². The first-order valence-electron chi connectivity index (χ1n) is 8.40. The summed E-state index contributed by atoms with van der Waals surface area (Å²) in [6.07, 6.45) is 0. The van der Waals surface area contributed by atoms with Crippen molar-refractivity contribution < 1.29 is 9.26 Å². The maximum atomic E-state index is 5.62. The van der Waals surface area contributed by atoms with E-state index in [0.717, 1.165) is 43.0 Å². The Morgan fingerprint density at radius 2 is 1.60 bits per heavy atom. The van der Waals surface area contributed by atoms with Crippen LogP contribution >= 0.6 is 0 Å². The number of benzene rings is 2. The first kappa shape index (κ1) is 15.8. The molecule has 3 aromatic rings. The van der Waals surface area contributed by atoms with Gasteiger partial charge in [0.25, 0.3) is 5.89 Å². The Labute approximate surface area is 146 Å². The summed E-state index contributed by atoms with van der Waals surface area (Å²) in [7, 11) is 0. The van der Waals surface area contributed by atoms with Crippen molar-refractivity contribution in [2.24, 2.45) is 5.73 Å². The Morgan fingerprint density at radius 1 is 0.920 bits per heavy atom. The Kier molecular flexibility index (Phi) is 4.45. The molecule has 25 heavy (non-hydrogen) atoms. The molecule has 6 nitrogen and oxygen atoms in total. The first-order valence-corrected chi connectivity index (χ1v) is 8.40. The van der Waals surface area contributed by atoms with E-state index in [-0.39, 0.29) is 0 Å². The minimum atomic E-state index is 0.520. The molecule has 2 aromatic carbocycles. The predicted octanol–water partition coefficient (Wildman–Crippen LogP) is 2.70. The molecule has 1 saturated heterocycles. The van der Waals surface area contributed by atoms with Gasteiger partial charge in [-0.25, -0.2) is 0 Å². The van der Waals surface area contributed by atoms with Crippen LogP contribution in [0.15, 0.2) is 53.1 Å². The summed E-state index contributed by atoms with van der Waals surface area (Å²) in [5, 5.41) is 4.09. The van der Waals surface area contributed by atoms with Gasteiger partial charge in [0.2, 0.25) is 5.82 Å². The van der Waals surface area contributed by atoms with Crippen molar-refractivity contribution in [1.82, 2.24) is 10.1 Å². The summed E-state index contributed by atoms with van der Waals surface area (Å²) in [6, 6.07) is 16.1. The molecule has 2 heterocycles. The van der Waals surface area contributed by atoms with E-state index < -0.39 is 0 Å². The number of hydrogen-bond acceptors (Lipinski definition) is 6. The molecule has 0 amide bonds. The number of aromatic nitrogens is 2. The molecule has 0 aliphatic carbocycles. The quantitative estimate of drug-likeness (QED) is 0.789. The number of nitrogens with two attached hydrogens (primary N) is 1. The fraction of sp³-hybridized carbons (Fsp3) is 0.263. The first-order chi connectivity index (χ1) is 12.3. The third-order valence-electron chi connectivity index (χ3n) is 4.36. The second-order valence-electron chi connectivity index (χ2n) is 5.97. The second-order valence-corrected chi connectivity index (χ2v) is 5.97. The molecule has 1 aliphatic heterocycles. The zero-order valence-corrected chi connectivity index (χ0v) is 13.9. The van der Waals surface area contributed by atoms with Crippen molar-refractivity contribution in [3.05, 3.63) is 54.1 Å². The number of rotatable bonds is 4. The minimum absolute atomic E-state index is 0.520. The van der Waals surface area contributed by atoms with Crippen molar-refractivity contribution >= 4 is 5.69 Å². The highest BCUT2D eigenvalue weighted by Crippen LogP contribution is 2.25. The highest BCUT2D eigenvalue weighted by atomic mass is 16.5. The molecule has 6 heteroatoms. The van der Waals surface area contributed by atoms with Crippen LogP contribution in [0, 0.1) is 0 Å². The van der Waals surface area contributed by atoms with Gasteiger partial charge in [-0.15, -0.1) is 0 Å². The van der Waals surface area contributed by atoms with Gasteiger partial charge in [-0.3, -0.25) is 0 Å². The van der Waals surface area contributed by atoms with Crippen LogP contribution in [0.2, 0.25) is 0 Å². The van der Waals surface area contributed by atoms with E-state index in [1.807, 2.05) is 36.4 Å². The molecular weight excluding hydrogens is 316 g/mol. The van der Waals surface area contributed by atoms with E-state index in [0.29, 0.717) is 18.3 Å². The van der Waals surface area contributed by atoms with E-state index in [9.17, 15) is 0 Å². The van der Waals surface area contributed by atoms with Gasteiger partial charge in [0.1, 0.15) is 0 Å². The molecule has 0 saturated carbocycles. The van der Waals surface area contributed by atoms with Gasteiger partial charge in [0.05, 0.1) is 13.2 Å². The van der Waals surface area contributed by atoms with Crippen molar-refractivity contribution in [2.45, 2.75) is 6.54 Å². The van der Waals surface area contributed by atoms with Crippen LogP contribution in [0.25, 0.3) is 22.8 Å². The minimum Gasteiger partial charge on any atom is -0.378 e. The molecule has 0 atom stereocenters. The van der Waals surface area contributed by atoms with Gasteiger partial charge >= 0.3 is 0 Å². The van der Waals surface area contributed by atoms with Gasteiger partial charge < -0.3 is 19.9 Å². The van der Waals surface area contributed by atoms with E-state index in [1.165, 1.54) is 5.69 Å². The smallest absolute Gasteiger partial charge is 0.258 e. The lowest BCUT2D eigenvalue weighted by molar-refractivity contribution is 0.122. The van der Waals surface area contributed by atoms with Crippen molar-refractivity contribution in [2.75, 3.05) is 31.2 Å². The molecule has 1 fully saturated rings. The average molecular weight is 336 g/mol. The number of anilines is 1. The van der Waals surface area contributed by atoms with Gasteiger partial charge in [-0.2, -0.15) is 4.98 Å². The third kappa shape index (κ3) is 3.40. The lowest BCUT2D eigenvalue weighted by atomic mass is 10.1. The zero-order chi connectivity index (χ0) is 17.1. The summed E-state index contributed by atoms with van der Waals surface area (Å²) in [6.45, 7) is 3.91. The van der Waals surface area contributed by atoms with Crippen LogP contribution in [-0.4, -0.2) is 36.4 Å². The Balaban J connectivity index is 1.53. The maximum Gasteiger partial charge on any atom is 0.258 e. The second kappa shape index (κ2) is 7.04. The van der Waals surface area contributed by atoms with Gasteiger partial charge in [0.15, 0.2) is 0 Å². The molecule has 0 bridgehead atoms. The maximum absolute atomic E-state index is 5.62. The number of morpholine rings is 1. The Morgan fingerprint density at radius 3 is 2.28 bits per heavy atom. The van der Waals surface area contributed by atoms with E-state index in [1.54, 1.807) is 0 Å². The zero-order valence-electron chi connectivity index (χ0n) is 13.9. The largest absolute Gasteiger partial charge is 0.378 e. The van der Waals surface area contributed by atoms with Crippen LogP contribution in [0.5, 0.6) is 0 Å². The molecule has 128 valence electrons. The van der Waals surface area contributed by atoms with E-state index >= 15 is 0 Å². The lowest BCUT2D eigenvalue weighted by Gasteiger charge is -2.28. The number of nitrogens with zero attached hydrogens (tertiary/aromatic N) is 3. The van der Waals surface area contributed by atoms with Crippen molar-refractivity contribution in [3.8, 4) is 22.8 Å². The van der Waals surface area contributed by atoms with Crippen molar-refractivity contribution in [3.63, 3.8) is 0 Å². The van der Waals surface area contributed by atoms with Crippen LogP contribution in [0.3, 0.4) is 0 Å². The normalized spacial score (nSPS) is 14.7. The van der Waals surface area contributed by atoms with Gasteiger partial charge in [-0.1, -0.05) is 29.4 Å². The molecule has 0 spiro atoms. The van der Waals surface area contributed by atoms with Crippen LogP contribution in [0.1, 0.15) is 5.56 Å². The fourth-order valence-corrected chi connectivity index (χ4v) is 2.88. The summed E-state index contributed by atoms with van der Waals surface area (Å²) in [5.74, 6) is 1.10. The lowest BCUT2D eigenvalue weighted by Crippen LogP contribution is -2.36. The van der Waals surface area contributed by atoms with E-state index in [2.05, 4.69) is 27.2 Å². The third-order valence-corrected chi connectivity index (χ3v) is 4.36. The molecule has 1 aromatic heterocycles. The van der Waals surface area contributed by atoms with Crippen molar-refractivity contribution in [1.29, 1.82) is 0 Å². The fourth-order valence-electron chi connectivity index (χ4n) is 2.88. The highest BCUT2D eigenvalue weighted by molar-refractivity contribution is 5.62. The van der Waals surface area contributed by atoms with Gasteiger partial charge in [0, 0.05) is 36.4 Å².